The van der Waals surface area contributed by atoms with Gasteiger partial charge in [0.2, 0.25) is 0 Å². The van der Waals surface area contributed by atoms with Gasteiger partial charge in [0.1, 0.15) is 0 Å². The third-order valence-electron chi connectivity index (χ3n) is 2.65. The molecule has 1 saturated heterocycles. The van der Waals surface area contributed by atoms with Crippen LogP contribution >= 0.6 is 0 Å². The largest absolute Gasteiger partial charge is 0.290 e. The summed E-state index contributed by atoms with van der Waals surface area (Å²) < 4.78 is 0. The van der Waals surface area contributed by atoms with E-state index in [2.05, 4.69) is 15.2 Å². The normalized spacial score (nSPS) is 19.0. The number of rotatable bonds is 3. The maximum atomic E-state index is 11.6. The number of hydrogen-bond donors (Lipinski definition) is 1. The standard InChI is InChI=1S/C9H18N2O2/c1-9(2,8(12)10-13-3)11-6-4-5-7-11/h4-7H2,1-3H3,(H,10,12). The van der Waals surface area contributed by atoms with Crippen molar-refractivity contribution in [1.82, 2.24) is 10.4 Å². The SMILES string of the molecule is CONC(=O)C(C)(C)N1CCCC1. The van der Waals surface area contributed by atoms with Gasteiger partial charge in [0, 0.05) is 0 Å². The Morgan fingerprint density at radius 3 is 2.38 bits per heavy atom. The van der Waals surface area contributed by atoms with Crippen LogP contribution in [0, 0.1) is 0 Å². The van der Waals surface area contributed by atoms with Crippen LogP contribution in [0.1, 0.15) is 26.7 Å². The van der Waals surface area contributed by atoms with Crippen molar-refractivity contribution in [3.63, 3.8) is 0 Å². The van der Waals surface area contributed by atoms with E-state index >= 15 is 0 Å². The molecule has 0 aromatic heterocycles. The van der Waals surface area contributed by atoms with E-state index in [9.17, 15) is 4.79 Å². The zero-order chi connectivity index (χ0) is 9.90. The Bertz CT molecular complexity index is 186. The summed E-state index contributed by atoms with van der Waals surface area (Å²) in [6.45, 7) is 5.85. The molecule has 0 saturated carbocycles. The fourth-order valence-electron chi connectivity index (χ4n) is 1.64. The first-order chi connectivity index (χ1) is 6.09. The third-order valence-corrected chi connectivity index (χ3v) is 2.65. The number of carbonyl (C=O) groups is 1. The predicted octanol–water partition coefficient (Wildman–Crippen LogP) is 0.538. The topological polar surface area (TPSA) is 41.6 Å². The maximum Gasteiger partial charge on any atom is 0.263 e. The molecule has 0 aromatic rings. The van der Waals surface area contributed by atoms with Gasteiger partial charge in [-0.2, -0.15) is 0 Å². The molecule has 13 heavy (non-hydrogen) atoms. The van der Waals surface area contributed by atoms with Crippen molar-refractivity contribution in [2.24, 2.45) is 0 Å². The Kier molecular flexibility index (Phi) is 3.27. The molecule has 0 spiro atoms. The minimum absolute atomic E-state index is 0.0723. The van der Waals surface area contributed by atoms with Crippen LogP contribution < -0.4 is 5.48 Å². The Labute approximate surface area is 79.2 Å². The second-order valence-electron chi connectivity index (χ2n) is 3.89. The summed E-state index contributed by atoms with van der Waals surface area (Å²) in [5, 5.41) is 0. The second-order valence-corrected chi connectivity index (χ2v) is 3.89. The lowest BCUT2D eigenvalue weighted by molar-refractivity contribution is -0.141. The second kappa shape index (κ2) is 4.07. The van der Waals surface area contributed by atoms with Crippen LogP contribution in [0.15, 0.2) is 0 Å². The van der Waals surface area contributed by atoms with Gasteiger partial charge < -0.3 is 0 Å². The molecule has 1 rings (SSSR count). The Morgan fingerprint density at radius 2 is 1.92 bits per heavy atom. The average molecular weight is 186 g/mol. The van der Waals surface area contributed by atoms with Gasteiger partial charge in [-0.3, -0.25) is 14.5 Å². The van der Waals surface area contributed by atoms with E-state index in [1.165, 1.54) is 20.0 Å². The van der Waals surface area contributed by atoms with E-state index in [-0.39, 0.29) is 5.91 Å². The molecule has 1 N–H and O–H groups in total. The minimum Gasteiger partial charge on any atom is -0.290 e. The number of likely N-dealkylation sites (tertiary alicyclic amines) is 1. The zero-order valence-electron chi connectivity index (χ0n) is 8.59. The first-order valence-corrected chi connectivity index (χ1v) is 4.67. The molecule has 1 aliphatic rings. The molecule has 0 radical (unpaired) electrons. The summed E-state index contributed by atoms with van der Waals surface area (Å²) in [4.78, 5) is 18.4. The molecule has 0 aromatic carbocycles. The van der Waals surface area contributed by atoms with E-state index in [4.69, 9.17) is 0 Å². The van der Waals surface area contributed by atoms with E-state index < -0.39 is 5.54 Å². The predicted molar refractivity (Wildman–Crippen MR) is 50.0 cm³/mol. The highest BCUT2D eigenvalue weighted by Crippen LogP contribution is 2.20. The molecule has 4 heteroatoms. The van der Waals surface area contributed by atoms with Gasteiger partial charge in [0.05, 0.1) is 12.6 Å². The van der Waals surface area contributed by atoms with Crippen LogP contribution in [-0.4, -0.2) is 36.5 Å². The van der Waals surface area contributed by atoms with Gasteiger partial charge in [-0.15, -0.1) is 0 Å². The van der Waals surface area contributed by atoms with Crippen LogP contribution in [0.25, 0.3) is 0 Å². The van der Waals surface area contributed by atoms with Gasteiger partial charge in [-0.1, -0.05) is 0 Å². The van der Waals surface area contributed by atoms with Crippen molar-refractivity contribution in [3.8, 4) is 0 Å². The van der Waals surface area contributed by atoms with Crippen molar-refractivity contribution in [1.29, 1.82) is 0 Å². The maximum absolute atomic E-state index is 11.6. The molecule has 1 heterocycles. The number of nitrogens with one attached hydrogen (secondary N) is 1. The summed E-state index contributed by atoms with van der Waals surface area (Å²) in [6.07, 6.45) is 2.37. The molecular weight excluding hydrogens is 168 g/mol. The quantitative estimate of drug-likeness (QED) is 0.654. The third kappa shape index (κ3) is 2.19. The van der Waals surface area contributed by atoms with Crippen molar-refractivity contribution in [2.75, 3.05) is 20.2 Å². The molecule has 4 nitrogen and oxygen atoms in total. The van der Waals surface area contributed by atoms with Crippen LogP contribution in [0.5, 0.6) is 0 Å². The summed E-state index contributed by atoms with van der Waals surface area (Å²) in [5.74, 6) is -0.0723. The fraction of sp³-hybridized carbons (Fsp3) is 0.889. The highest BCUT2D eigenvalue weighted by Gasteiger charge is 2.35. The van der Waals surface area contributed by atoms with Crippen molar-refractivity contribution < 1.29 is 9.63 Å². The van der Waals surface area contributed by atoms with Crippen molar-refractivity contribution >= 4 is 5.91 Å². The van der Waals surface area contributed by atoms with E-state index in [0.717, 1.165) is 13.1 Å². The number of hydroxylamine groups is 1. The molecule has 76 valence electrons. The zero-order valence-corrected chi connectivity index (χ0v) is 8.59. The number of nitrogens with zero attached hydrogens (tertiary/aromatic N) is 1. The Hall–Kier alpha value is -0.610. The molecular formula is C9H18N2O2. The van der Waals surface area contributed by atoms with Crippen molar-refractivity contribution in [2.45, 2.75) is 32.2 Å². The first kappa shape index (κ1) is 10.5. The summed E-state index contributed by atoms with van der Waals surface area (Å²) in [6, 6.07) is 0. The molecule has 0 aliphatic carbocycles. The Morgan fingerprint density at radius 1 is 1.38 bits per heavy atom. The smallest absolute Gasteiger partial charge is 0.263 e. The average Bonchev–Trinajstić information content (AvgIpc) is 2.56. The van der Waals surface area contributed by atoms with Gasteiger partial charge in [-0.25, -0.2) is 5.48 Å². The van der Waals surface area contributed by atoms with Crippen molar-refractivity contribution in [3.05, 3.63) is 0 Å². The fourth-order valence-corrected chi connectivity index (χ4v) is 1.64. The van der Waals surface area contributed by atoms with Crippen LogP contribution in [-0.2, 0) is 9.63 Å². The Balaban J connectivity index is 2.57. The van der Waals surface area contributed by atoms with E-state index in [0.29, 0.717) is 0 Å². The molecule has 0 bridgehead atoms. The lowest BCUT2D eigenvalue weighted by Crippen LogP contribution is -2.53. The molecule has 1 aliphatic heterocycles. The number of amides is 1. The number of carbonyl (C=O) groups excluding carboxylic acids is 1. The highest BCUT2D eigenvalue weighted by atomic mass is 16.6. The summed E-state index contributed by atoms with van der Waals surface area (Å²) >= 11 is 0. The van der Waals surface area contributed by atoms with E-state index in [1.807, 2.05) is 13.8 Å². The van der Waals surface area contributed by atoms with E-state index in [1.54, 1.807) is 0 Å². The van der Waals surface area contributed by atoms with Crippen LogP contribution in [0.4, 0.5) is 0 Å². The number of hydrogen-bond acceptors (Lipinski definition) is 3. The summed E-state index contributed by atoms with van der Waals surface area (Å²) in [7, 11) is 1.46. The van der Waals surface area contributed by atoms with Gasteiger partial charge >= 0.3 is 0 Å². The van der Waals surface area contributed by atoms with Gasteiger partial charge in [0.15, 0.2) is 0 Å². The lowest BCUT2D eigenvalue weighted by Gasteiger charge is -2.33. The minimum atomic E-state index is -0.452. The monoisotopic (exact) mass is 186 g/mol. The molecule has 0 unspecified atom stereocenters. The van der Waals surface area contributed by atoms with Gasteiger partial charge in [-0.05, 0) is 39.8 Å². The molecule has 1 fully saturated rings. The molecule has 1 amide bonds. The van der Waals surface area contributed by atoms with Crippen LogP contribution in [0.3, 0.4) is 0 Å². The van der Waals surface area contributed by atoms with Crippen LogP contribution in [0.2, 0.25) is 0 Å². The van der Waals surface area contributed by atoms with Gasteiger partial charge in [0.25, 0.3) is 5.91 Å². The lowest BCUT2D eigenvalue weighted by atomic mass is 10.0. The highest BCUT2D eigenvalue weighted by molar-refractivity contribution is 5.84. The first-order valence-electron chi connectivity index (χ1n) is 4.67. The molecule has 0 atom stereocenters. The summed E-state index contributed by atoms with van der Waals surface area (Å²) in [5.41, 5.74) is 1.93.